The quantitative estimate of drug-likeness (QED) is 0.919. The number of rotatable bonds is 2. The molecular formula is C16H21N3O2. The molecule has 0 amide bonds. The van der Waals surface area contributed by atoms with Gasteiger partial charge in [-0.05, 0) is 17.9 Å². The Kier molecular flexibility index (Phi) is 3.45. The summed E-state index contributed by atoms with van der Waals surface area (Å²) in [5.41, 5.74) is 7.19. The highest BCUT2D eigenvalue weighted by Gasteiger charge is 2.31. The average Bonchev–Trinajstić information content (AvgIpc) is 2.94. The Morgan fingerprint density at radius 2 is 2.05 bits per heavy atom. The van der Waals surface area contributed by atoms with Gasteiger partial charge in [-0.2, -0.15) is 4.98 Å². The Morgan fingerprint density at radius 3 is 2.81 bits per heavy atom. The van der Waals surface area contributed by atoms with Crippen LogP contribution in [0.1, 0.15) is 56.4 Å². The molecule has 1 unspecified atom stereocenters. The molecule has 1 aromatic heterocycles. The summed E-state index contributed by atoms with van der Waals surface area (Å²) in [5, 5.41) is 4.15. The smallest absolute Gasteiger partial charge is 0.244 e. The maximum Gasteiger partial charge on any atom is 0.244 e. The van der Waals surface area contributed by atoms with Crippen molar-refractivity contribution in [3.8, 4) is 5.75 Å². The highest BCUT2D eigenvalue weighted by Crippen LogP contribution is 2.37. The fourth-order valence-electron chi connectivity index (χ4n) is 2.50. The standard InChI is InChI=1S/C16H21N3O2/c1-16(2,3)13(17)15-18-14(19-21-15)11-8-9-20-12-7-5-4-6-10(11)12/h4-7,11,13H,8-9,17H2,1-3H3/t11?,13-/m0/s1. The summed E-state index contributed by atoms with van der Waals surface area (Å²) < 4.78 is 11.1. The second-order valence-electron chi connectivity index (χ2n) is 6.56. The van der Waals surface area contributed by atoms with Gasteiger partial charge >= 0.3 is 0 Å². The Morgan fingerprint density at radius 1 is 1.29 bits per heavy atom. The van der Waals surface area contributed by atoms with E-state index in [2.05, 4.69) is 37.0 Å². The van der Waals surface area contributed by atoms with E-state index < -0.39 is 0 Å². The highest BCUT2D eigenvalue weighted by molar-refractivity contribution is 5.40. The molecule has 0 saturated heterocycles. The largest absolute Gasteiger partial charge is 0.493 e. The number of nitrogens with two attached hydrogens (primary N) is 1. The van der Waals surface area contributed by atoms with E-state index in [1.54, 1.807) is 0 Å². The van der Waals surface area contributed by atoms with E-state index in [1.807, 2.05) is 18.2 Å². The lowest BCUT2D eigenvalue weighted by Crippen LogP contribution is -2.26. The van der Waals surface area contributed by atoms with E-state index in [-0.39, 0.29) is 17.4 Å². The zero-order valence-electron chi connectivity index (χ0n) is 12.7. The Balaban J connectivity index is 1.91. The van der Waals surface area contributed by atoms with E-state index in [9.17, 15) is 0 Å². The Hall–Kier alpha value is -1.88. The number of benzene rings is 1. The van der Waals surface area contributed by atoms with Crippen LogP contribution in [-0.2, 0) is 0 Å². The fourth-order valence-corrected chi connectivity index (χ4v) is 2.50. The maximum absolute atomic E-state index is 6.19. The van der Waals surface area contributed by atoms with Gasteiger partial charge in [-0.3, -0.25) is 0 Å². The molecule has 2 atom stereocenters. The summed E-state index contributed by atoms with van der Waals surface area (Å²) in [5.74, 6) is 2.21. The van der Waals surface area contributed by atoms with Crippen LogP contribution in [0.25, 0.3) is 0 Å². The zero-order chi connectivity index (χ0) is 15.0. The van der Waals surface area contributed by atoms with E-state index in [0.29, 0.717) is 18.3 Å². The summed E-state index contributed by atoms with van der Waals surface area (Å²) in [6, 6.07) is 7.73. The molecule has 21 heavy (non-hydrogen) atoms. The molecule has 112 valence electrons. The van der Waals surface area contributed by atoms with Crippen molar-refractivity contribution in [2.45, 2.75) is 39.2 Å². The summed E-state index contributed by atoms with van der Waals surface area (Å²) in [4.78, 5) is 4.54. The van der Waals surface area contributed by atoms with Gasteiger partial charge in [0.2, 0.25) is 5.89 Å². The molecule has 5 heteroatoms. The van der Waals surface area contributed by atoms with Gasteiger partial charge in [0.1, 0.15) is 5.75 Å². The SMILES string of the molecule is CC(C)(C)[C@@H](N)c1nc(C2CCOc3ccccc32)no1. The van der Waals surface area contributed by atoms with Gasteiger partial charge in [-0.25, -0.2) is 0 Å². The van der Waals surface area contributed by atoms with Gasteiger partial charge in [0.05, 0.1) is 18.6 Å². The molecule has 1 aliphatic rings. The molecule has 1 aliphatic heterocycles. The third-order valence-electron chi connectivity index (χ3n) is 3.93. The van der Waals surface area contributed by atoms with Gasteiger partial charge in [0.25, 0.3) is 0 Å². The number of nitrogens with zero attached hydrogens (tertiary/aromatic N) is 2. The molecule has 0 spiro atoms. The van der Waals surface area contributed by atoms with E-state index in [0.717, 1.165) is 17.7 Å². The molecule has 0 aliphatic carbocycles. The molecule has 2 N–H and O–H groups in total. The molecule has 0 radical (unpaired) electrons. The third kappa shape index (κ3) is 2.65. The Bertz CT molecular complexity index is 630. The predicted molar refractivity (Wildman–Crippen MR) is 79.1 cm³/mol. The minimum Gasteiger partial charge on any atom is -0.493 e. The maximum atomic E-state index is 6.19. The molecular weight excluding hydrogens is 266 g/mol. The molecule has 2 heterocycles. The van der Waals surface area contributed by atoms with Gasteiger partial charge in [0.15, 0.2) is 5.82 Å². The first kappa shape index (κ1) is 14.1. The van der Waals surface area contributed by atoms with Crippen molar-refractivity contribution in [2.24, 2.45) is 11.1 Å². The van der Waals surface area contributed by atoms with Gasteiger partial charge < -0.3 is 15.0 Å². The Labute approximate surface area is 124 Å². The van der Waals surface area contributed by atoms with Crippen LogP contribution in [0.4, 0.5) is 0 Å². The van der Waals surface area contributed by atoms with Crippen LogP contribution < -0.4 is 10.5 Å². The fraction of sp³-hybridized carbons (Fsp3) is 0.500. The van der Waals surface area contributed by atoms with Crippen LogP contribution in [0, 0.1) is 5.41 Å². The lowest BCUT2D eigenvalue weighted by Gasteiger charge is -2.24. The third-order valence-corrected chi connectivity index (χ3v) is 3.93. The minimum atomic E-state index is -0.270. The number of fused-ring (bicyclic) bond motifs is 1. The molecule has 0 saturated carbocycles. The van der Waals surface area contributed by atoms with Crippen molar-refractivity contribution in [1.82, 2.24) is 10.1 Å². The van der Waals surface area contributed by atoms with Crippen LogP contribution in [0.2, 0.25) is 0 Å². The first-order valence-corrected chi connectivity index (χ1v) is 7.27. The summed E-state index contributed by atoms with van der Waals surface area (Å²) in [6.07, 6.45) is 0.848. The lowest BCUT2D eigenvalue weighted by molar-refractivity contribution is 0.250. The minimum absolute atomic E-state index is 0.111. The highest BCUT2D eigenvalue weighted by atomic mass is 16.5. The zero-order valence-corrected chi connectivity index (χ0v) is 12.7. The van der Waals surface area contributed by atoms with Crippen molar-refractivity contribution in [3.63, 3.8) is 0 Å². The van der Waals surface area contributed by atoms with Crippen molar-refractivity contribution in [2.75, 3.05) is 6.61 Å². The van der Waals surface area contributed by atoms with Gasteiger partial charge in [-0.15, -0.1) is 0 Å². The van der Waals surface area contributed by atoms with Crippen molar-refractivity contribution in [1.29, 1.82) is 0 Å². The second kappa shape index (κ2) is 5.15. The van der Waals surface area contributed by atoms with Crippen LogP contribution >= 0.6 is 0 Å². The molecule has 0 bridgehead atoms. The normalized spacial score (nSPS) is 19.7. The second-order valence-corrected chi connectivity index (χ2v) is 6.56. The topological polar surface area (TPSA) is 74.2 Å². The lowest BCUT2D eigenvalue weighted by atomic mass is 9.87. The van der Waals surface area contributed by atoms with Crippen LogP contribution in [-0.4, -0.2) is 16.7 Å². The van der Waals surface area contributed by atoms with Crippen molar-refractivity contribution < 1.29 is 9.26 Å². The summed E-state index contributed by atoms with van der Waals surface area (Å²) in [6.45, 7) is 6.85. The summed E-state index contributed by atoms with van der Waals surface area (Å²) in [7, 11) is 0. The van der Waals surface area contributed by atoms with E-state index in [1.165, 1.54) is 0 Å². The molecule has 2 aromatic rings. The van der Waals surface area contributed by atoms with Crippen LogP contribution in [0.15, 0.2) is 28.8 Å². The summed E-state index contributed by atoms with van der Waals surface area (Å²) >= 11 is 0. The first-order valence-electron chi connectivity index (χ1n) is 7.27. The van der Waals surface area contributed by atoms with Gasteiger partial charge in [0, 0.05) is 5.56 Å². The van der Waals surface area contributed by atoms with Crippen molar-refractivity contribution in [3.05, 3.63) is 41.5 Å². The van der Waals surface area contributed by atoms with E-state index >= 15 is 0 Å². The molecule has 0 fully saturated rings. The van der Waals surface area contributed by atoms with E-state index in [4.69, 9.17) is 15.0 Å². The number of hydrogen-bond donors (Lipinski definition) is 1. The monoisotopic (exact) mass is 287 g/mol. The average molecular weight is 287 g/mol. The molecule has 3 rings (SSSR count). The number of aromatic nitrogens is 2. The van der Waals surface area contributed by atoms with Gasteiger partial charge in [-0.1, -0.05) is 44.1 Å². The molecule has 1 aromatic carbocycles. The van der Waals surface area contributed by atoms with Crippen LogP contribution in [0.3, 0.4) is 0 Å². The first-order chi connectivity index (χ1) is 9.97. The van der Waals surface area contributed by atoms with Crippen LogP contribution in [0.5, 0.6) is 5.75 Å². The molecule has 5 nitrogen and oxygen atoms in total. The number of para-hydroxylation sites is 1. The number of ether oxygens (including phenoxy) is 1. The predicted octanol–water partition coefficient (Wildman–Crippen LogP) is 3.03. The number of hydrogen-bond acceptors (Lipinski definition) is 5. The van der Waals surface area contributed by atoms with Crippen molar-refractivity contribution >= 4 is 0 Å².